The maximum Gasteiger partial charge on any atom is 0.166 e. The number of carbonyl (C=O) groups is 1. The molecular weight excluding hydrogens is 334 g/mol. The van der Waals surface area contributed by atoms with Gasteiger partial charge in [-0.15, -0.1) is 0 Å². The van der Waals surface area contributed by atoms with Gasteiger partial charge in [0.2, 0.25) is 0 Å². The molecule has 23 heavy (non-hydrogen) atoms. The molecule has 0 saturated heterocycles. The molecule has 2 N–H and O–H groups in total. The number of aliphatic hydroxyl groups is 1. The molecule has 0 radical (unpaired) electrons. The second-order valence-electron chi connectivity index (χ2n) is 5.54. The lowest BCUT2D eigenvalue weighted by molar-refractivity contribution is -0.117. The van der Waals surface area contributed by atoms with E-state index < -0.39 is 0 Å². The van der Waals surface area contributed by atoms with Crippen LogP contribution >= 0.6 is 23.4 Å². The minimum atomic E-state index is -0.0620. The summed E-state index contributed by atoms with van der Waals surface area (Å²) in [7, 11) is 0. The number of oxime groups is 1. The first-order valence-corrected chi connectivity index (χ1v) is 9.21. The van der Waals surface area contributed by atoms with Crippen molar-refractivity contribution in [3.05, 3.63) is 34.6 Å². The summed E-state index contributed by atoms with van der Waals surface area (Å²) >= 11 is 7.41. The van der Waals surface area contributed by atoms with Gasteiger partial charge in [-0.2, -0.15) is 11.8 Å². The number of hydrogen-bond donors (Lipinski definition) is 2. The Balaban J connectivity index is 2.94. The predicted molar refractivity (Wildman–Crippen MR) is 97.6 cm³/mol. The van der Waals surface area contributed by atoms with E-state index in [0.717, 1.165) is 12.2 Å². The normalized spacial score (nSPS) is 21.6. The van der Waals surface area contributed by atoms with E-state index in [4.69, 9.17) is 16.8 Å². The van der Waals surface area contributed by atoms with Crippen molar-refractivity contribution in [3.8, 4) is 0 Å². The smallest absolute Gasteiger partial charge is 0.166 e. The van der Waals surface area contributed by atoms with E-state index in [2.05, 4.69) is 19.0 Å². The summed E-state index contributed by atoms with van der Waals surface area (Å²) in [6, 6.07) is 0. The van der Waals surface area contributed by atoms with E-state index in [0.29, 0.717) is 35.7 Å². The van der Waals surface area contributed by atoms with Gasteiger partial charge in [-0.3, -0.25) is 4.79 Å². The number of ketones is 1. The first-order chi connectivity index (χ1) is 11.0. The third-order valence-corrected chi connectivity index (χ3v) is 5.00. The zero-order valence-corrected chi connectivity index (χ0v) is 15.1. The average molecular weight is 358 g/mol. The van der Waals surface area contributed by atoms with Crippen molar-refractivity contribution in [2.24, 2.45) is 11.1 Å². The molecule has 128 valence electrons. The lowest BCUT2D eigenvalue weighted by Gasteiger charge is -2.26. The topological polar surface area (TPSA) is 69.9 Å². The Morgan fingerprint density at radius 3 is 2.83 bits per heavy atom. The van der Waals surface area contributed by atoms with Crippen molar-refractivity contribution < 1.29 is 15.1 Å². The molecule has 0 bridgehead atoms. The van der Waals surface area contributed by atoms with Gasteiger partial charge in [0.25, 0.3) is 0 Å². The lowest BCUT2D eigenvalue weighted by Crippen LogP contribution is -2.23. The fourth-order valence-corrected chi connectivity index (χ4v) is 3.94. The SMILES string of the molecule is CCSC(C)CC1CC(=O)C(/C(=C/C=NO)C/C=C/Cl)=C(O)C1. The van der Waals surface area contributed by atoms with Gasteiger partial charge in [-0.1, -0.05) is 36.7 Å². The quantitative estimate of drug-likeness (QED) is 0.370. The highest BCUT2D eigenvalue weighted by Gasteiger charge is 2.30. The second kappa shape index (κ2) is 10.6. The molecule has 0 saturated carbocycles. The van der Waals surface area contributed by atoms with Crippen LogP contribution in [0, 0.1) is 5.92 Å². The molecule has 0 aromatic rings. The Morgan fingerprint density at radius 1 is 1.52 bits per heavy atom. The van der Waals surface area contributed by atoms with Crippen LogP contribution in [0.3, 0.4) is 0 Å². The van der Waals surface area contributed by atoms with Gasteiger partial charge in [0, 0.05) is 23.6 Å². The van der Waals surface area contributed by atoms with E-state index >= 15 is 0 Å². The Morgan fingerprint density at radius 2 is 2.26 bits per heavy atom. The molecular formula is C17H24ClNO3S. The summed E-state index contributed by atoms with van der Waals surface area (Å²) in [5, 5.41) is 22.3. The summed E-state index contributed by atoms with van der Waals surface area (Å²) < 4.78 is 0. The Labute approximate surface area is 147 Å². The van der Waals surface area contributed by atoms with E-state index in [1.54, 1.807) is 6.08 Å². The van der Waals surface area contributed by atoms with Crippen molar-refractivity contribution >= 4 is 35.4 Å². The molecule has 0 fully saturated rings. The Bertz CT molecular complexity index is 526. The summed E-state index contributed by atoms with van der Waals surface area (Å²) in [6.45, 7) is 4.27. The number of aliphatic hydroxyl groups excluding tert-OH is 1. The third-order valence-electron chi connectivity index (χ3n) is 3.73. The van der Waals surface area contributed by atoms with Gasteiger partial charge >= 0.3 is 0 Å². The van der Waals surface area contributed by atoms with Gasteiger partial charge < -0.3 is 10.3 Å². The van der Waals surface area contributed by atoms with E-state index in [9.17, 15) is 9.90 Å². The molecule has 1 aliphatic carbocycles. The zero-order valence-electron chi connectivity index (χ0n) is 13.5. The minimum Gasteiger partial charge on any atom is -0.512 e. The van der Waals surface area contributed by atoms with Crippen molar-refractivity contribution in [1.29, 1.82) is 0 Å². The third kappa shape index (κ3) is 6.43. The number of nitrogens with zero attached hydrogens (tertiary/aromatic N) is 1. The number of hydrogen-bond acceptors (Lipinski definition) is 5. The van der Waals surface area contributed by atoms with Crippen LogP contribution in [-0.2, 0) is 4.79 Å². The molecule has 0 amide bonds. The Hall–Kier alpha value is -1.20. The fraction of sp³-hybridized carbons (Fsp3) is 0.529. The summed E-state index contributed by atoms with van der Waals surface area (Å²) in [6.07, 6.45) is 6.65. The van der Waals surface area contributed by atoms with E-state index in [1.807, 2.05) is 11.8 Å². The van der Waals surface area contributed by atoms with E-state index in [-0.39, 0.29) is 17.5 Å². The van der Waals surface area contributed by atoms with Crippen LogP contribution in [0.2, 0.25) is 0 Å². The Kier molecular flexibility index (Phi) is 9.10. The summed E-state index contributed by atoms with van der Waals surface area (Å²) in [5.41, 5.74) is 2.31. The first-order valence-electron chi connectivity index (χ1n) is 7.72. The maximum absolute atomic E-state index is 12.5. The number of thioether (sulfide) groups is 1. The van der Waals surface area contributed by atoms with Crippen LogP contribution in [0.4, 0.5) is 0 Å². The van der Waals surface area contributed by atoms with Crippen molar-refractivity contribution in [1.82, 2.24) is 0 Å². The number of halogens is 1. The first kappa shape index (κ1) is 19.8. The molecule has 0 aromatic carbocycles. The summed E-state index contributed by atoms with van der Waals surface area (Å²) in [4.78, 5) is 12.5. The number of rotatable bonds is 8. The maximum atomic E-state index is 12.5. The highest BCUT2D eigenvalue weighted by Crippen LogP contribution is 2.35. The fourth-order valence-electron chi connectivity index (χ4n) is 2.87. The van der Waals surface area contributed by atoms with Crippen LogP contribution in [0.1, 0.15) is 39.5 Å². The lowest BCUT2D eigenvalue weighted by atomic mass is 9.81. The van der Waals surface area contributed by atoms with E-state index in [1.165, 1.54) is 17.8 Å². The minimum absolute atomic E-state index is 0.0620. The van der Waals surface area contributed by atoms with Gasteiger partial charge in [0.1, 0.15) is 5.76 Å². The van der Waals surface area contributed by atoms with Crippen LogP contribution in [-0.4, -0.2) is 33.3 Å². The molecule has 0 heterocycles. The number of carbonyl (C=O) groups excluding carboxylic acids is 1. The molecule has 1 aliphatic rings. The van der Waals surface area contributed by atoms with Crippen LogP contribution in [0.25, 0.3) is 0 Å². The van der Waals surface area contributed by atoms with Crippen LogP contribution in [0.15, 0.2) is 39.7 Å². The van der Waals surface area contributed by atoms with Gasteiger partial charge in [0.05, 0.1) is 11.8 Å². The van der Waals surface area contributed by atoms with Crippen molar-refractivity contribution in [2.75, 3.05) is 5.75 Å². The molecule has 0 spiro atoms. The van der Waals surface area contributed by atoms with Crippen LogP contribution in [0.5, 0.6) is 0 Å². The standard InChI is InChI=1S/C17H24ClNO3S/c1-3-23-12(2)9-13-10-15(20)17(16(21)11-13)14(5-4-7-18)6-8-19-22/h4,6-8,12-13,20,22H,3,5,9-11H2,1-2H3/b7-4+,14-6+,19-8?. The average Bonchev–Trinajstić information content (AvgIpc) is 2.48. The monoisotopic (exact) mass is 357 g/mol. The van der Waals surface area contributed by atoms with Gasteiger partial charge in [0.15, 0.2) is 5.78 Å². The highest BCUT2D eigenvalue weighted by atomic mass is 35.5. The predicted octanol–water partition coefficient (Wildman–Crippen LogP) is 4.84. The molecule has 2 atom stereocenters. The zero-order chi connectivity index (χ0) is 17.2. The number of allylic oxidation sites excluding steroid dienone is 5. The van der Waals surface area contributed by atoms with Crippen LogP contribution < -0.4 is 0 Å². The summed E-state index contributed by atoms with van der Waals surface area (Å²) in [5.74, 6) is 1.29. The molecule has 0 aliphatic heterocycles. The van der Waals surface area contributed by atoms with Gasteiger partial charge in [-0.05, 0) is 36.2 Å². The van der Waals surface area contributed by atoms with Crippen molar-refractivity contribution in [3.63, 3.8) is 0 Å². The largest absolute Gasteiger partial charge is 0.512 e. The molecule has 1 rings (SSSR count). The number of Topliss-reactive ketones (excluding diaryl/α,β-unsaturated/α-hetero) is 1. The second-order valence-corrected chi connectivity index (χ2v) is 7.51. The molecule has 4 nitrogen and oxygen atoms in total. The van der Waals surface area contributed by atoms with Gasteiger partial charge in [-0.25, -0.2) is 0 Å². The molecule has 6 heteroatoms. The molecule has 2 unspecified atom stereocenters. The highest BCUT2D eigenvalue weighted by molar-refractivity contribution is 7.99. The molecule has 0 aromatic heterocycles. The van der Waals surface area contributed by atoms with Crippen molar-refractivity contribution in [2.45, 2.75) is 44.8 Å².